The highest BCUT2D eigenvalue weighted by Gasteiger charge is 2.36. The van der Waals surface area contributed by atoms with Crippen LogP contribution in [0.3, 0.4) is 0 Å². The Kier molecular flexibility index (Phi) is 3.21. The van der Waals surface area contributed by atoms with E-state index in [0.717, 1.165) is 11.8 Å². The first kappa shape index (κ1) is 10.8. The molecule has 76 valence electrons. The molecule has 0 aromatic rings. The molecule has 0 bridgehead atoms. The summed E-state index contributed by atoms with van der Waals surface area (Å²) in [6, 6.07) is 0. The lowest BCUT2D eigenvalue weighted by atomic mass is 9.63. The van der Waals surface area contributed by atoms with Crippen LogP contribution in [0.2, 0.25) is 0 Å². The van der Waals surface area contributed by atoms with Crippen molar-refractivity contribution in [2.75, 3.05) is 0 Å². The Hall–Kier alpha value is -0.260. The summed E-state index contributed by atoms with van der Waals surface area (Å²) in [5.74, 6) is 1.77. The zero-order chi connectivity index (χ0) is 10.1. The van der Waals surface area contributed by atoms with Crippen LogP contribution in [0.5, 0.6) is 0 Å². The number of allylic oxidation sites excluding steroid dienone is 2. The van der Waals surface area contributed by atoms with Gasteiger partial charge in [-0.3, -0.25) is 0 Å². The lowest BCUT2D eigenvalue weighted by Crippen LogP contribution is -2.32. The molecule has 13 heavy (non-hydrogen) atoms. The molecule has 0 aromatic carbocycles. The van der Waals surface area contributed by atoms with Gasteiger partial charge in [-0.05, 0) is 30.6 Å². The third-order valence-corrected chi connectivity index (χ3v) is 3.69. The van der Waals surface area contributed by atoms with Crippen LogP contribution in [-0.4, -0.2) is 0 Å². The molecule has 1 rings (SSSR count). The van der Waals surface area contributed by atoms with Crippen molar-refractivity contribution in [1.82, 2.24) is 0 Å². The van der Waals surface area contributed by atoms with Gasteiger partial charge in [-0.2, -0.15) is 0 Å². The van der Waals surface area contributed by atoms with Crippen molar-refractivity contribution in [3.05, 3.63) is 11.6 Å². The molecule has 0 radical (unpaired) electrons. The van der Waals surface area contributed by atoms with Crippen molar-refractivity contribution in [2.45, 2.75) is 53.9 Å². The fraction of sp³-hybridized carbons (Fsp3) is 0.846. The molecule has 0 heteroatoms. The summed E-state index contributed by atoms with van der Waals surface area (Å²) in [5.41, 5.74) is 2.10. The first-order valence-corrected chi connectivity index (χ1v) is 5.66. The van der Waals surface area contributed by atoms with Gasteiger partial charge in [0.2, 0.25) is 0 Å². The predicted octanol–water partition coefficient (Wildman–Crippen LogP) is 4.42. The van der Waals surface area contributed by atoms with Crippen molar-refractivity contribution in [3.63, 3.8) is 0 Å². The second kappa shape index (κ2) is 3.86. The van der Waals surface area contributed by atoms with Crippen LogP contribution in [0.1, 0.15) is 53.9 Å². The monoisotopic (exact) mass is 180 g/mol. The average molecular weight is 180 g/mol. The van der Waals surface area contributed by atoms with Gasteiger partial charge in [0.15, 0.2) is 0 Å². The minimum Gasteiger partial charge on any atom is -0.0790 e. The Morgan fingerprint density at radius 2 is 2.08 bits per heavy atom. The van der Waals surface area contributed by atoms with Crippen LogP contribution >= 0.6 is 0 Å². The molecule has 0 saturated carbocycles. The van der Waals surface area contributed by atoms with Gasteiger partial charge in [0.1, 0.15) is 0 Å². The molecule has 2 unspecified atom stereocenters. The standard InChI is InChI=1S/C13H24/c1-6-10(2)7-8-12-11(3)9-13(12,4)5/h9-10,12H,6-8H2,1-5H3. The minimum atomic E-state index is 0.484. The maximum atomic E-state index is 2.42. The molecule has 0 amide bonds. The number of hydrogen-bond donors (Lipinski definition) is 0. The van der Waals surface area contributed by atoms with Crippen LogP contribution < -0.4 is 0 Å². The van der Waals surface area contributed by atoms with Gasteiger partial charge in [-0.15, -0.1) is 0 Å². The maximum Gasteiger partial charge on any atom is -0.0107 e. The molecule has 2 atom stereocenters. The van der Waals surface area contributed by atoms with Crippen LogP contribution in [0.4, 0.5) is 0 Å². The highest BCUT2D eigenvalue weighted by Crippen LogP contribution is 2.47. The van der Waals surface area contributed by atoms with Crippen molar-refractivity contribution < 1.29 is 0 Å². The van der Waals surface area contributed by atoms with E-state index in [1.54, 1.807) is 5.57 Å². The number of rotatable bonds is 4. The highest BCUT2D eigenvalue weighted by atomic mass is 14.4. The summed E-state index contributed by atoms with van der Waals surface area (Å²) in [7, 11) is 0. The quantitative estimate of drug-likeness (QED) is 0.562. The topological polar surface area (TPSA) is 0 Å². The zero-order valence-electron chi connectivity index (χ0n) is 9.85. The van der Waals surface area contributed by atoms with Crippen LogP contribution in [-0.2, 0) is 0 Å². The predicted molar refractivity (Wildman–Crippen MR) is 59.7 cm³/mol. The summed E-state index contributed by atoms with van der Waals surface area (Å²) in [6.45, 7) is 11.7. The van der Waals surface area contributed by atoms with Gasteiger partial charge in [-0.1, -0.05) is 52.2 Å². The summed E-state index contributed by atoms with van der Waals surface area (Å²) in [5, 5.41) is 0. The molecule has 0 aromatic heterocycles. The van der Waals surface area contributed by atoms with Crippen molar-refractivity contribution in [1.29, 1.82) is 0 Å². The molecule has 0 N–H and O–H groups in total. The summed E-state index contributed by atoms with van der Waals surface area (Å²) in [6.07, 6.45) is 6.55. The largest absolute Gasteiger partial charge is 0.0790 e. The van der Waals surface area contributed by atoms with E-state index in [-0.39, 0.29) is 0 Å². The maximum absolute atomic E-state index is 2.42. The fourth-order valence-corrected chi connectivity index (χ4v) is 2.53. The fourth-order valence-electron chi connectivity index (χ4n) is 2.53. The Bertz CT molecular complexity index is 198. The molecule has 0 fully saturated rings. The van der Waals surface area contributed by atoms with Crippen molar-refractivity contribution in [2.24, 2.45) is 17.3 Å². The average Bonchev–Trinajstić information content (AvgIpc) is 2.02. The zero-order valence-corrected chi connectivity index (χ0v) is 9.85. The summed E-state index contributed by atoms with van der Waals surface area (Å²) >= 11 is 0. The van der Waals surface area contributed by atoms with E-state index in [1.165, 1.54) is 19.3 Å². The molecule has 0 aliphatic heterocycles. The van der Waals surface area contributed by atoms with E-state index in [0.29, 0.717) is 5.41 Å². The summed E-state index contributed by atoms with van der Waals surface area (Å²) < 4.78 is 0. The van der Waals surface area contributed by atoms with Crippen molar-refractivity contribution in [3.8, 4) is 0 Å². The smallest absolute Gasteiger partial charge is 0.0107 e. The van der Waals surface area contributed by atoms with Gasteiger partial charge in [0.05, 0.1) is 0 Å². The van der Waals surface area contributed by atoms with Crippen LogP contribution in [0.15, 0.2) is 11.6 Å². The Morgan fingerprint density at radius 1 is 1.46 bits per heavy atom. The first-order valence-electron chi connectivity index (χ1n) is 5.66. The van der Waals surface area contributed by atoms with E-state index < -0.39 is 0 Å². The second-order valence-electron chi connectivity index (χ2n) is 5.35. The molecule has 0 saturated heterocycles. The second-order valence-corrected chi connectivity index (χ2v) is 5.35. The van der Waals surface area contributed by atoms with E-state index in [1.807, 2.05) is 0 Å². The Morgan fingerprint density at radius 3 is 2.46 bits per heavy atom. The molecule has 1 aliphatic rings. The third kappa shape index (κ3) is 2.36. The highest BCUT2D eigenvalue weighted by molar-refractivity contribution is 5.24. The Balaban J connectivity index is 2.35. The Labute approximate surface area is 83.4 Å². The lowest BCUT2D eigenvalue weighted by Gasteiger charge is -2.42. The lowest BCUT2D eigenvalue weighted by molar-refractivity contribution is 0.241. The molecule has 0 nitrogen and oxygen atoms in total. The van der Waals surface area contributed by atoms with Crippen molar-refractivity contribution >= 4 is 0 Å². The van der Waals surface area contributed by atoms with E-state index in [2.05, 4.69) is 40.7 Å². The van der Waals surface area contributed by atoms with Crippen LogP contribution in [0, 0.1) is 17.3 Å². The van der Waals surface area contributed by atoms with Crippen LogP contribution in [0.25, 0.3) is 0 Å². The van der Waals surface area contributed by atoms with Gasteiger partial charge in [0.25, 0.3) is 0 Å². The van der Waals surface area contributed by atoms with Gasteiger partial charge in [0, 0.05) is 0 Å². The molecule has 0 spiro atoms. The van der Waals surface area contributed by atoms with Gasteiger partial charge >= 0.3 is 0 Å². The minimum absolute atomic E-state index is 0.484. The molecule has 1 aliphatic carbocycles. The van der Waals surface area contributed by atoms with Gasteiger partial charge < -0.3 is 0 Å². The SMILES string of the molecule is CCC(C)CCC1C(C)=CC1(C)C. The number of hydrogen-bond acceptors (Lipinski definition) is 0. The summed E-state index contributed by atoms with van der Waals surface area (Å²) in [4.78, 5) is 0. The normalized spacial score (nSPS) is 27.8. The third-order valence-electron chi connectivity index (χ3n) is 3.69. The first-order chi connectivity index (χ1) is 5.97. The molecular weight excluding hydrogens is 156 g/mol. The van der Waals surface area contributed by atoms with E-state index in [4.69, 9.17) is 0 Å². The molecule has 0 heterocycles. The van der Waals surface area contributed by atoms with E-state index in [9.17, 15) is 0 Å². The van der Waals surface area contributed by atoms with E-state index >= 15 is 0 Å². The van der Waals surface area contributed by atoms with Gasteiger partial charge in [-0.25, -0.2) is 0 Å². The molecular formula is C13H24.